The highest BCUT2D eigenvalue weighted by Crippen LogP contribution is 2.72. The summed E-state index contributed by atoms with van der Waals surface area (Å²) in [5, 5.41) is 9.25. The van der Waals surface area contributed by atoms with E-state index in [-0.39, 0.29) is 18.4 Å². The predicted octanol–water partition coefficient (Wildman–Crippen LogP) is 1.83. The van der Waals surface area contributed by atoms with E-state index in [2.05, 4.69) is 11.8 Å². The average molecular weight is 198 g/mol. The zero-order valence-electron chi connectivity index (χ0n) is 7.98. The molecule has 0 aromatic rings. The number of allylic oxidation sites excluding steroid dienone is 2. The summed E-state index contributed by atoms with van der Waals surface area (Å²) in [5.41, 5.74) is -1.41. The minimum atomic E-state index is -0.747. The summed E-state index contributed by atoms with van der Waals surface area (Å²) < 4.78 is 25.1. The molecule has 0 aliphatic heterocycles. The van der Waals surface area contributed by atoms with Crippen LogP contribution in [0.5, 0.6) is 0 Å². The molecule has 0 aromatic heterocycles. The smallest absolute Gasteiger partial charge is 0.150 e. The maximum atomic E-state index is 13.2. The molecule has 1 spiro atoms. The zero-order valence-corrected chi connectivity index (χ0v) is 7.98. The highest BCUT2D eigenvalue weighted by Gasteiger charge is 2.71. The van der Waals surface area contributed by atoms with Crippen LogP contribution in [0.25, 0.3) is 0 Å². The van der Waals surface area contributed by atoms with Crippen LogP contribution >= 0.6 is 0 Å². The fraction of sp³-hybridized carbons (Fsp3) is 0.636. The van der Waals surface area contributed by atoms with Crippen LogP contribution < -0.4 is 0 Å². The van der Waals surface area contributed by atoms with Crippen LogP contribution in [0.1, 0.15) is 13.3 Å². The lowest BCUT2D eigenvalue weighted by atomic mass is 9.50. The highest BCUT2D eigenvalue weighted by atomic mass is 19.1. The van der Waals surface area contributed by atoms with Crippen molar-refractivity contribution in [3.8, 4) is 11.8 Å². The van der Waals surface area contributed by atoms with Gasteiger partial charge in [0.1, 0.15) is 12.5 Å². The Morgan fingerprint density at radius 3 is 2.71 bits per heavy atom. The number of alkyl halides is 1. The fourth-order valence-electron chi connectivity index (χ4n) is 2.69. The lowest BCUT2D eigenvalue weighted by molar-refractivity contribution is -0.0421. The van der Waals surface area contributed by atoms with E-state index in [4.69, 9.17) is 0 Å². The molecule has 14 heavy (non-hydrogen) atoms. The summed E-state index contributed by atoms with van der Waals surface area (Å²) in [7, 11) is 0. The van der Waals surface area contributed by atoms with E-state index in [0.717, 1.165) is 0 Å². The third-order valence-electron chi connectivity index (χ3n) is 3.55. The van der Waals surface area contributed by atoms with Crippen LogP contribution in [0, 0.1) is 28.6 Å². The van der Waals surface area contributed by atoms with Crippen molar-refractivity contribution in [2.45, 2.75) is 13.3 Å². The van der Waals surface area contributed by atoms with E-state index in [0.29, 0.717) is 6.42 Å². The molecule has 1 unspecified atom stereocenters. The molecule has 0 saturated heterocycles. The van der Waals surface area contributed by atoms with Crippen molar-refractivity contribution in [1.82, 2.24) is 0 Å². The van der Waals surface area contributed by atoms with E-state index >= 15 is 0 Å². The summed E-state index contributed by atoms with van der Waals surface area (Å²) in [6.45, 7) is 0.982. The predicted molar refractivity (Wildman–Crippen MR) is 48.7 cm³/mol. The second-order valence-corrected chi connectivity index (χ2v) is 4.14. The molecular formula is C11H12F2O. The van der Waals surface area contributed by atoms with Gasteiger partial charge in [-0.15, -0.1) is 0 Å². The standard InChI is InChI=1S/C11H12F2O/c1-8-5-10(7-14,3-2-4-12)11(8)6-9(11)13/h6,8,14H,4-5,7H2,1H3/t8?,10-,11-/m1/s1. The van der Waals surface area contributed by atoms with Gasteiger partial charge in [-0.05, 0) is 18.4 Å². The summed E-state index contributed by atoms with van der Waals surface area (Å²) >= 11 is 0. The van der Waals surface area contributed by atoms with Crippen molar-refractivity contribution >= 4 is 0 Å². The third-order valence-corrected chi connectivity index (χ3v) is 3.55. The number of aliphatic hydroxyl groups is 1. The summed E-state index contributed by atoms with van der Waals surface area (Å²) in [5.74, 6) is 4.95. The molecule has 3 atom stereocenters. The quantitative estimate of drug-likeness (QED) is 0.637. The first-order valence-electron chi connectivity index (χ1n) is 4.68. The molecule has 0 heterocycles. The van der Waals surface area contributed by atoms with Crippen LogP contribution in [0.4, 0.5) is 8.78 Å². The van der Waals surface area contributed by atoms with Gasteiger partial charge in [-0.2, -0.15) is 0 Å². The van der Waals surface area contributed by atoms with Gasteiger partial charge in [0, 0.05) is 0 Å². The SMILES string of the molecule is CC1C[C@](C#CCF)(CO)[C@]12C=C2F. The van der Waals surface area contributed by atoms with Crippen molar-refractivity contribution in [1.29, 1.82) is 0 Å². The Hall–Kier alpha value is -0.880. The normalized spacial score (nSPS) is 43.7. The second kappa shape index (κ2) is 2.80. The molecule has 3 heteroatoms. The summed E-state index contributed by atoms with van der Waals surface area (Å²) in [4.78, 5) is 0. The van der Waals surface area contributed by atoms with Gasteiger partial charge in [-0.25, -0.2) is 8.78 Å². The van der Waals surface area contributed by atoms with E-state index in [1.807, 2.05) is 6.92 Å². The molecule has 1 nitrogen and oxygen atoms in total. The van der Waals surface area contributed by atoms with Gasteiger partial charge in [-0.3, -0.25) is 0 Å². The van der Waals surface area contributed by atoms with Crippen molar-refractivity contribution < 1.29 is 13.9 Å². The average Bonchev–Trinajstić information content (AvgIpc) is 2.88. The molecule has 1 fully saturated rings. The third kappa shape index (κ3) is 0.873. The molecule has 0 aromatic carbocycles. The molecule has 76 valence electrons. The molecule has 2 aliphatic carbocycles. The molecule has 0 radical (unpaired) electrons. The molecule has 2 aliphatic rings. The molecule has 0 bridgehead atoms. The van der Waals surface area contributed by atoms with E-state index < -0.39 is 17.5 Å². The highest BCUT2D eigenvalue weighted by molar-refractivity contribution is 5.48. The Balaban J connectivity index is 2.24. The van der Waals surface area contributed by atoms with Gasteiger partial charge < -0.3 is 5.11 Å². The van der Waals surface area contributed by atoms with Crippen molar-refractivity contribution in [2.24, 2.45) is 16.7 Å². The largest absolute Gasteiger partial charge is 0.395 e. The van der Waals surface area contributed by atoms with Gasteiger partial charge in [-0.1, -0.05) is 18.8 Å². The lowest BCUT2D eigenvalue weighted by Gasteiger charge is -2.51. The summed E-state index contributed by atoms with van der Waals surface area (Å²) in [6.07, 6.45) is 2.14. The number of halogens is 2. The molecule has 0 amide bonds. The maximum Gasteiger partial charge on any atom is 0.150 e. The van der Waals surface area contributed by atoms with Gasteiger partial charge in [0.15, 0.2) is 0 Å². The van der Waals surface area contributed by atoms with Gasteiger partial charge in [0.25, 0.3) is 0 Å². The fourth-order valence-corrected chi connectivity index (χ4v) is 2.69. The van der Waals surface area contributed by atoms with Crippen LogP contribution in [0.2, 0.25) is 0 Å². The first kappa shape index (κ1) is 9.67. The van der Waals surface area contributed by atoms with E-state index in [1.165, 1.54) is 6.08 Å². The minimum absolute atomic E-state index is 0.170. The number of aliphatic hydroxyl groups excluding tert-OH is 1. The number of hydrogen-bond acceptors (Lipinski definition) is 1. The zero-order chi connectivity index (χ0) is 10.4. The Morgan fingerprint density at radius 2 is 2.36 bits per heavy atom. The monoisotopic (exact) mass is 198 g/mol. The van der Waals surface area contributed by atoms with Crippen LogP contribution in [0.15, 0.2) is 11.9 Å². The van der Waals surface area contributed by atoms with Crippen molar-refractivity contribution in [3.63, 3.8) is 0 Å². The van der Waals surface area contributed by atoms with Crippen LogP contribution in [0.3, 0.4) is 0 Å². The number of hydrogen-bond donors (Lipinski definition) is 1. The first-order chi connectivity index (χ1) is 6.63. The Labute approximate surface area is 81.8 Å². The van der Waals surface area contributed by atoms with E-state index in [1.54, 1.807) is 0 Å². The minimum Gasteiger partial charge on any atom is -0.395 e. The maximum absolute atomic E-state index is 13.2. The van der Waals surface area contributed by atoms with Gasteiger partial charge in [0.2, 0.25) is 0 Å². The Kier molecular flexibility index (Phi) is 1.94. The van der Waals surface area contributed by atoms with Crippen LogP contribution in [-0.4, -0.2) is 18.4 Å². The topological polar surface area (TPSA) is 20.2 Å². The molecule has 1 N–H and O–H groups in total. The number of rotatable bonds is 1. The van der Waals surface area contributed by atoms with E-state index in [9.17, 15) is 13.9 Å². The van der Waals surface area contributed by atoms with Gasteiger partial charge in [0.05, 0.1) is 17.4 Å². The lowest BCUT2D eigenvalue weighted by Crippen LogP contribution is -2.52. The molecule has 1 saturated carbocycles. The van der Waals surface area contributed by atoms with Crippen molar-refractivity contribution in [3.05, 3.63) is 11.9 Å². The first-order valence-corrected chi connectivity index (χ1v) is 4.68. The molecule has 2 rings (SSSR count). The van der Waals surface area contributed by atoms with Crippen molar-refractivity contribution in [2.75, 3.05) is 13.3 Å². The second-order valence-electron chi connectivity index (χ2n) is 4.14. The Morgan fingerprint density at radius 1 is 1.71 bits per heavy atom. The summed E-state index contributed by atoms with van der Waals surface area (Å²) in [6, 6.07) is 0. The van der Waals surface area contributed by atoms with Crippen LogP contribution in [-0.2, 0) is 0 Å². The Bertz CT molecular complexity index is 352. The molecular weight excluding hydrogens is 186 g/mol. The van der Waals surface area contributed by atoms with Gasteiger partial charge >= 0.3 is 0 Å².